The van der Waals surface area contributed by atoms with Crippen molar-refractivity contribution in [2.75, 3.05) is 13.2 Å². The smallest absolute Gasteiger partial charge is 0.192 e. The number of rotatable bonds is 4. The van der Waals surface area contributed by atoms with Crippen molar-refractivity contribution >= 4 is 8.32 Å². The Morgan fingerprint density at radius 2 is 1.58 bits per heavy atom. The van der Waals surface area contributed by atoms with E-state index >= 15 is 0 Å². The van der Waals surface area contributed by atoms with E-state index in [1.165, 1.54) is 38.5 Å². The summed E-state index contributed by atoms with van der Waals surface area (Å²) in [6.07, 6.45) is 12.5. The molecule has 178 valence electrons. The van der Waals surface area contributed by atoms with Gasteiger partial charge in [-0.2, -0.15) is 0 Å². The zero-order valence-electron chi connectivity index (χ0n) is 21.4. The van der Waals surface area contributed by atoms with E-state index < -0.39 is 8.32 Å². The third-order valence-corrected chi connectivity index (χ3v) is 15.3. The highest BCUT2D eigenvalue weighted by atomic mass is 28.4. The Morgan fingerprint density at radius 3 is 2.19 bits per heavy atom. The second-order valence-corrected chi connectivity index (χ2v) is 18.0. The summed E-state index contributed by atoms with van der Waals surface area (Å²) in [5, 5.41) is 0.272. The van der Waals surface area contributed by atoms with Gasteiger partial charge in [-0.1, -0.05) is 40.7 Å². The fourth-order valence-corrected chi connectivity index (χ4v) is 8.82. The average molecular weight is 449 g/mol. The van der Waals surface area contributed by atoms with Crippen LogP contribution in [0, 0.1) is 28.6 Å². The molecule has 3 aliphatic carbocycles. The van der Waals surface area contributed by atoms with E-state index in [1.54, 1.807) is 0 Å². The van der Waals surface area contributed by atoms with Crippen LogP contribution < -0.4 is 0 Å². The predicted molar refractivity (Wildman–Crippen MR) is 131 cm³/mol. The van der Waals surface area contributed by atoms with Crippen LogP contribution in [0.4, 0.5) is 0 Å². The first-order valence-electron chi connectivity index (χ1n) is 13.0. The monoisotopic (exact) mass is 448 g/mol. The molecule has 3 unspecified atom stereocenters. The van der Waals surface area contributed by atoms with Gasteiger partial charge in [0.1, 0.15) is 0 Å². The Kier molecular flexibility index (Phi) is 6.16. The molecule has 0 aromatic heterocycles. The van der Waals surface area contributed by atoms with Gasteiger partial charge in [0.15, 0.2) is 14.1 Å². The quantitative estimate of drug-likeness (QED) is 0.333. The van der Waals surface area contributed by atoms with Gasteiger partial charge in [-0.25, -0.2) is 0 Å². The molecule has 31 heavy (non-hydrogen) atoms. The molecule has 1 aliphatic heterocycles. The van der Waals surface area contributed by atoms with E-state index in [2.05, 4.69) is 60.4 Å². The molecule has 4 aliphatic rings. The standard InChI is InChI=1S/C27H48O3Si/c1-9-20-19-23(30-31(7,8)24(2,3)4)12-13-25(20,5)21-10-14-26(6)22(18-21)11-15-27(26)28-16-17-29-27/h9,20-23H,1,10-19H2,2-8H3/t20-,21?,22?,23?,25-,26-/m0/s1. The van der Waals surface area contributed by atoms with E-state index in [4.69, 9.17) is 13.9 Å². The molecule has 4 heteroatoms. The predicted octanol–water partition coefficient (Wildman–Crippen LogP) is 7.33. The van der Waals surface area contributed by atoms with Gasteiger partial charge in [0.2, 0.25) is 0 Å². The number of hydrogen-bond acceptors (Lipinski definition) is 3. The normalized spacial score (nSPS) is 43.2. The minimum Gasteiger partial charge on any atom is -0.414 e. The summed E-state index contributed by atoms with van der Waals surface area (Å²) in [5.41, 5.74) is 0.548. The molecule has 0 aromatic carbocycles. The largest absolute Gasteiger partial charge is 0.414 e. The Morgan fingerprint density at radius 1 is 0.935 bits per heavy atom. The molecular weight excluding hydrogens is 400 g/mol. The van der Waals surface area contributed by atoms with Crippen LogP contribution in [-0.2, 0) is 13.9 Å². The van der Waals surface area contributed by atoms with Crippen molar-refractivity contribution in [2.45, 2.75) is 116 Å². The van der Waals surface area contributed by atoms with Crippen molar-refractivity contribution in [3.8, 4) is 0 Å². The topological polar surface area (TPSA) is 27.7 Å². The van der Waals surface area contributed by atoms with E-state index in [0.29, 0.717) is 17.4 Å². The maximum atomic E-state index is 6.86. The number of ether oxygens (including phenoxy) is 2. The summed E-state index contributed by atoms with van der Waals surface area (Å²) in [4.78, 5) is 0. The summed E-state index contributed by atoms with van der Waals surface area (Å²) in [5.74, 6) is 1.78. The molecule has 3 nitrogen and oxygen atoms in total. The molecule has 3 saturated carbocycles. The molecule has 4 fully saturated rings. The molecule has 0 radical (unpaired) electrons. The lowest BCUT2D eigenvalue weighted by molar-refractivity contribution is -0.236. The summed E-state index contributed by atoms with van der Waals surface area (Å²) in [7, 11) is -1.73. The van der Waals surface area contributed by atoms with Gasteiger partial charge in [0.05, 0.1) is 13.2 Å². The first-order valence-corrected chi connectivity index (χ1v) is 15.9. The lowest BCUT2D eigenvalue weighted by atomic mass is 9.53. The summed E-state index contributed by atoms with van der Waals surface area (Å²) >= 11 is 0. The van der Waals surface area contributed by atoms with Crippen molar-refractivity contribution in [1.29, 1.82) is 0 Å². The van der Waals surface area contributed by atoms with Gasteiger partial charge in [0, 0.05) is 17.9 Å². The average Bonchev–Trinajstić information content (AvgIpc) is 3.28. The van der Waals surface area contributed by atoms with E-state index in [1.807, 2.05) is 0 Å². The van der Waals surface area contributed by atoms with E-state index in [0.717, 1.165) is 37.9 Å². The van der Waals surface area contributed by atoms with Crippen LogP contribution in [-0.4, -0.2) is 33.4 Å². The molecule has 1 saturated heterocycles. The number of hydrogen-bond donors (Lipinski definition) is 0. The van der Waals surface area contributed by atoms with Crippen LogP contribution in [0.1, 0.15) is 86.0 Å². The number of allylic oxidation sites excluding steroid dienone is 1. The third kappa shape index (κ3) is 3.82. The van der Waals surface area contributed by atoms with Gasteiger partial charge in [0.25, 0.3) is 0 Å². The molecule has 0 aromatic rings. The van der Waals surface area contributed by atoms with Gasteiger partial charge in [-0.05, 0) is 86.2 Å². The van der Waals surface area contributed by atoms with Crippen LogP contribution >= 0.6 is 0 Å². The zero-order chi connectivity index (χ0) is 22.7. The van der Waals surface area contributed by atoms with Crippen molar-refractivity contribution in [3.63, 3.8) is 0 Å². The Balaban J connectivity index is 1.45. The van der Waals surface area contributed by atoms with Crippen LogP contribution in [0.5, 0.6) is 0 Å². The van der Waals surface area contributed by atoms with Crippen LogP contribution in [0.25, 0.3) is 0 Å². The SMILES string of the molecule is C=C[C@H]1CC(O[Si](C)(C)C(C)(C)C)CC[C@]1(C)C1CC[C@@]2(C)C(CCC23OCCO3)C1. The first-order chi connectivity index (χ1) is 14.4. The van der Waals surface area contributed by atoms with Crippen LogP contribution in [0.3, 0.4) is 0 Å². The maximum Gasteiger partial charge on any atom is 0.192 e. The molecular formula is C27H48O3Si. The molecule has 0 amide bonds. The lowest BCUT2D eigenvalue weighted by Gasteiger charge is -2.55. The van der Waals surface area contributed by atoms with E-state index in [-0.39, 0.29) is 16.2 Å². The summed E-state index contributed by atoms with van der Waals surface area (Å²) in [6, 6.07) is 0. The second kappa shape index (κ2) is 7.96. The van der Waals surface area contributed by atoms with Crippen molar-refractivity contribution in [3.05, 3.63) is 12.7 Å². The van der Waals surface area contributed by atoms with Gasteiger partial charge in [-0.3, -0.25) is 0 Å². The highest BCUT2D eigenvalue weighted by Gasteiger charge is 2.63. The zero-order valence-corrected chi connectivity index (χ0v) is 22.4. The third-order valence-electron chi connectivity index (χ3n) is 10.8. The van der Waals surface area contributed by atoms with Crippen LogP contribution in [0.15, 0.2) is 12.7 Å². The van der Waals surface area contributed by atoms with Crippen LogP contribution in [0.2, 0.25) is 18.1 Å². The summed E-state index contributed by atoms with van der Waals surface area (Å²) < 4.78 is 19.4. The number of fused-ring (bicyclic) bond motifs is 2. The van der Waals surface area contributed by atoms with Gasteiger partial charge in [-0.15, -0.1) is 6.58 Å². The molecule has 0 bridgehead atoms. The second-order valence-electron chi connectivity index (χ2n) is 13.2. The molecule has 0 N–H and O–H groups in total. The van der Waals surface area contributed by atoms with Crippen molar-refractivity contribution in [2.24, 2.45) is 28.6 Å². The molecule has 1 spiro atoms. The summed E-state index contributed by atoms with van der Waals surface area (Å²) in [6.45, 7) is 22.7. The Bertz CT molecular complexity index is 676. The lowest BCUT2D eigenvalue weighted by Crippen LogP contribution is -2.52. The van der Waals surface area contributed by atoms with Crippen molar-refractivity contribution in [1.82, 2.24) is 0 Å². The molecule has 6 atom stereocenters. The first kappa shape index (κ1) is 24.0. The van der Waals surface area contributed by atoms with E-state index in [9.17, 15) is 0 Å². The van der Waals surface area contributed by atoms with Crippen molar-refractivity contribution < 1.29 is 13.9 Å². The Labute approximate surface area is 192 Å². The highest BCUT2D eigenvalue weighted by molar-refractivity contribution is 6.74. The maximum absolute atomic E-state index is 6.86. The Hall–Kier alpha value is -0.163. The fourth-order valence-electron chi connectivity index (χ4n) is 7.42. The fraction of sp³-hybridized carbons (Fsp3) is 0.926. The highest BCUT2D eigenvalue weighted by Crippen LogP contribution is 2.65. The minimum absolute atomic E-state index is 0.197. The molecule has 1 heterocycles. The minimum atomic E-state index is -1.73. The van der Waals surface area contributed by atoms with Gasteiger partial charge < -0.3 is 13.9 Å². The molecule has 4 rings (SSSR count). The van der Waals surface area contributed by atoms with Gasteiger partial charge >= 0.3 is 0 Å².